The minimum absolute atomic E-state index is 0.259. The van der Waals surface area contributed by atoms with Crippen LogP contribution in [0.1, 0.15) is 12.5 Å². The van der Waals surface area contributed by atoms with E-state index in [1.54, 1.807) is 0 Å². The van der Waals surface area contributed by atoms with Gasteiger partial charge in [-0.3, -0.25) is 0 Å². The van der Waals surface area contributed by atoms with E-state index in [1.165, 1.54) is 0 Å². The summed E-state index contributed by atoms with van der Waals surface area (Å²) in [6.45, 7) is 2.00. The van der Waals surface area contributed by atoms with Gasteiger partial charge in [0.1, 0.15) is 0 Å². The van der Waals surface area contributed by atoms with E-state index in [0.717, 1.165) is 5.56 Å². The fourth-order valence-corrected chi connectivity index (χ4v) is 2.44. The number of rotatable bonds is 4. The van der Waals surface area contributed by atoms with Gasteiger partial charge in [0.05, 0.1) is 12.1 Å². The van der Waals surface area contributed by atoms with E-state index < -0.39 is 12.3 Å². The van der Waals surface area contributed by atoms with Gasteiger partial charge in [0.2, 0.25) is 0 Å². The summed E-state index contributed by atoms with van der Waals surface area (Å²) in [5.41, 5.74) is 6.63. The highest BCUT2D eigenvalue weighted by Gasteiger charge is 2.49. The quantitative estimate of drug-likeness (QED) is 0.816. The Morgan fingerprint density at radius 2 is 1.79 bits per heavy atom. The third-order valence-electron chi connectivity index (χ3n) is 3.74. The number of hydrogen-bond acceptors (Lipinski definition) is 5. The number of nitrogens with two attached hydrogens (primary N) is 1. The predicted molar refractivity (Wildman–Crippen MR) is 71.2 cm³/mol. The van der Waals surface area contributed by atoms with Crippen molar-refractivity contribution in [3.63, 3.8) is 0 Å². The maximum Gasteiger partial charge on any atom is 0.407 e. The Morgan fingerprint density at radius 3 is 2.37 bits per heavy atom. The lowest BCUT2D eigenvalue weighted by Crippen LogP contribution is -2.74. The second-order valence-corrected chi connectivity index (χ2v) is 5.49. The first kappa shape index (κ1) is 13.1. The van der Waals surface area contributed by atoms with Crippen LogP contribution in [0.2, 0.25) is 0 Å². The van der Waals surface area contributed by atoms with E-state index in [2.05, 4.69) is 0 Å². The first-order chi connectivity index (χ1) is 9.12. The summed E-state index contributed by atoms with van der Waals surface area (Å²) in [5, 5.41) is 0. The van der Waals surface area contributed by atoms with E-state index >= 15 is 0 Å². The molecule has 1 aromatic carbocycles. The molecular formula is C13H19BNO4-. The molecule has 0 radical (unpaired) electrons. The lowest BCUT2D eigenvalue weighted by atomic mass is 9.67. The summed E-state index contributed by atoms with van der Waals surface area (Å²) >= 11 is 0. The molecule has 1 aromatic rings. The average Bonchev–Trinajstić information content (AvgIpc) is 2.47. The number of benzene rings is 1. The van der Waals surface area contributed by atoms with Gasteiger partial charge in [-0.1, -0.05) is 37.3 Å². The molecule has 19 heavy (non-hydrogen) atoms. The molecular weight excluding hydrogens is 245 g/mol. The number of fused-ring (bicyclic) bond motifs is 3. The fraction of sp³-hybridized carbons (Fsp3) is 0.538. The molecule has 1 atom stereocenters. The molecule has 2 N–H and O–H groups in total. The van der Waals surface area contributed by atoms with Crippen LogP contribution in [-0.4, -0.2) is 38.1 Å². The summed E-state index contributed by atoms with van der Waals surface area (Å²) < 4.78 is 22.9. The molecule has 0 saturated carbocycles. The van der Waals surface area contributed by atoms with E-state index in [0.29, 0.717) is 26.4 Å². The van der Waals surface area contributed by atoms with Crippen LogP contribution in [0, 0.1) is 0 Å². The molecule has 2 bridgehead atoms. The fourth-order valence-electron chi connectivity index (χ4n) is 2.44. The molecule has 104 valence electrons. The van der Waals surface area contributed by atoms with Gasteiger partial charge in [0, 0.05) is 25.8 Å². The minimum atomic E-state index is -1.82. The SMILES string of the molecule is C[C@H](OCc1ccccc1)[B-]12OCC(N)(CO1)CO2. The Morgan fingerprint density at radius 1 is 1.21 bits per heavy atom. The molecule has 3 heterocycles. The van der Waals surface area contributed by atoms with Crippen LogP contribution in [0.4, 0.5) is 0 Å². The summed E-state index contributed by atoms with van der Waals surface area (Å²) in [7, 11) is 0. The summed E-state index contributed by atoms with van der Waals surface area (Å²) in [5.74, 6) is 0. The van der Waals surface area contributed by atoms with Crippen LogP contribution in [-0.2, 0) is 25.3 Å². The molecule has 0 aliphatic carbocycles. The second-order valence-electron chi connectivity index (χ2n) is 5.49. The summed E-state index contributed by atoms with van der Waals surface area (Å²) in [6, 6.07) is 9.73. The number of hydrogen-bond donors (Lipinski definition) is 1. The lowest BCUT2D eigenvalue weighted by molar-refractivity contribution is -0.120. The number of ether oxygens (including phenoxy) is 1. The molecule has 3 fully saturated rings. The first-order valence-corrected chi connectivity index (χ1v) is 6.62. The Kier molecular flexibility index (Phi) is 3.36. The van der Waals surface area contributed by atoms with Crippen LogP contribution in [0.15, 0.2) is 30.3 Å². The summed E-state index contributed by atoms with van der Waals surface area (Å²) in [4.78, 5) is 0. The highest BCUT2D eigenvalue weighted by Crippen LogP contribution is 2.31. The van der Waals surface area contributed by atoms with Crippen LogP contribution in [0.3, 0.4) is 0 Å². The van der Waals surface area contributed by atoms with Crippen LogP contribution in [0.5, 0.6) is 0 Å². The Balaban J connectivity index is 1.60. The smallest absolute Gasteiger partial charge is 0.407 e. The third kappa shape index (κ3) is 2.54. The average molecular weight is 264 g/mol. The molecule has 0 amide bonds. The maximum absolute atomic E-state index is 6.01. The normalized spacial score (nSPS) is 35.3. The van der Waals surface area contributed by atoms with Crippen LogP contribution in [0.25, 0.3) is 0 Å². The van der Waals surface area contributed by atoms with Crippen molar-refractivity contribution in [2.24, 2.45) is 5.73 Å². The monoisotopic (exact) mass is 264 g/mol. The van der Waals surface area contributed by atoms with E-state index in [-0.39, 0.29) is 6.00 Å². The molecule has 6 heteroatoms. The zero-order valence-corrected chi connectivity index (χ0v) is 11.1. The van der Waals surface area contributed by atoms with Crippen molar-refractivity contribution in [2.75, 3.05) is 19.8 Å². The highest BCUT2D eigenvalue weighted by atomic mass is 16.8. The third-order valence-corrected chi connectivity index (χ3v) is 3.74. The van der Waals surface area contributed by atoms with E-state index in [4.69, 9.17) is 24.4 Å². The molecule has 3 saturated heterocycles. The van der Waals surface area contributed by atoms with Crippen LogP contribution >= 0.6 is 0 Å². The molecule has 0 spiro atoms. The minimum Gasteiger partial charge on any atom is -0.541 e. The van der Waals surface area contributed by atoms with Gasteiger partial charge < -0.3 is 24.4 Å². The zero-order chi connectivity index (χ0) is 13.3. The Bertz CT molecular complexity index is 417. The highest BCUT2D eigenvalue weighted by molar-refractivity contribution is 6.62. The molecule has 5 nitrogen and oxygen atoms in total. The van der Waals surface area contributed by atoms with Gasteiger partial charge in [-0.2, -0.15) is 0 Å². The predicted octanol–water partition coefficient (Wildman–Crippen LogP) is 0.844. The van der Waals surface area contributed by atoms with Crippen LogP contribution < -0.4 is 5.73 Å². The lowest BCUT2D eigenvalue weighted by Gasteiger charge is -2.59. The van der Waals surface area contributed by atoms with Crippen molar-refractivity contribution in [1.82, 2.24) is 0 Å². The summed E-state index contributed by atoms with van der Waals surface area (Å²) in [6.07, 6.45) is 0. The Labute approximate surface area is 113 Å². The van der Waals surface area contributed by atoms with Crippen molar-refractivity contribution in [3.05, 3.63) is 35.9 Å². The molecule has 0 aromatic heterocycles. The topological polar surface area (TPSA) is 62.9 Å². The van der Waals surface area contributed by atoms with Gasteiger partial charge in [-0.05, 0) is 5.56 Å². The second kappa shape index (κ2) is 4.88. The van der Waals surface area contributed by atoms with Gasteiger partial charge in [-0.25, -0.2) is 0 Å². The van der Waals surface area contributed by atoms with Gasteiger partial charge in [-0.15, -0.1) is 0 Å². The molecule has 0 unspecified atom stereocenters. The standard InChI is InChI=1S/C13H19BNO4/c1-11(16-7-12-5-3-2-4-6-12)14-17-8-13(15,9-18-14)10-19-14/h2-6,11H,7-10,15H2,1H3/q-1/t11-,13?,14?/m0/s1. The van der Waals surface area contributed by atoms with Crippen molar-refractivity contribution < 1.29 is 18.7 Å². The largest absolute Gasteiger partial charge is 0.541 e. The van der Waals surface area contributed by atoms with E-state index in [1.807, 2.05) is 37.3 Å². The van der Waals surface area contributed by atoms with Gasteiger partial charge >= 0.3 is 6.75 Å². The van der Waals surface area contributed by atoms with Crippen molar-refractivity contribution in [1.29, 1.82) is 0 Å². The van der Waals surface area contributed by atoms with Crippen molar-refractivity contribution in [2.45, 2.75) is 25.1 Å². The first-order valence-electron chi connectivity index (χ1n) is 6.62. The molecule has 3 aliphatic rings. The molecule has 4 rings (SSSR count). The van der Waals surface area contributed by atoms with Crippen molar-refractivity contribution >= 4 is 6.75 Å². The zero-order valence-electron chi connectivity index (χ0n) is 11.1. The van der Waals surface area contributed by atoms with E-state index in [9.17, 15) is 0 Å². The Hall–Kier alpha value is -0.915. The molecule has 3 aliphatic heterocycles. The van der Waals surface area contributed by atoms with Crippen molar-refractivity contribution in [3.8, 4) is 0 Å². The van der Waals surface area contributed by atoms with Gasteiger partial charge in [0.25, 0.3) is 0 Å². The maximum atomic E-state index is 6.01. The van der Waals surface area contributed by atoms with Gasteiger partial charge in [0.15, 0.2) is 0 Å².